The van der Waals surface area contributed by atoms with Crippen molar-refractivity contribution in [1.29, 1.82) is 0 Å². The van der Waals surface area contributed by atoms with Gasteiger partial charge in [0.1, 0.15) is 0 Å². The smallest absolute Gasteiger partial charge is 0.185 e. The van der Waals surface area contributed by atoms with E-state index in [1.54, 1.807) is 21.3 Å². The largest absolute Gasteiger partial charge is 0.417 e. The minimum absolute atomic E-state index is 0.630. The predicted molar refractivity (Wildman–Crippen MR) is 87.2 cm³/mol. The zero-order valence-electron chi connectivity index (χ0n) is 12.9. The first kappa shape index (κ1) is 20.2. The molecule has 0 aromatic carbocycles. The molecule has 20 heavy (non-hydrogen) atoms. The van der Waals surface area contributed by atoms with Crippen LogP contribution in [0.25, 0.3) is 0 Å². The molecule has 0 saturated carbocycles. The Labute approximate surface area is 128 Å². The van der Waals surface area contributed by atoms with E-state index in [4.69, 9.17) is 27.5 Å². The van der Waals surface area contributed by atoms with Gasteiger partial charge in [-0.3, -0.25) is 0 Å². The maximum absolute atomic E-state index is 5.68. The second kappa shape index (κ2) is 17.2. The summed E-state index contributed by atoms with van der Waals surface area (Å²) in [5.41, 5.74) is 2.24. The van der Waals surface area contributed by atoms with E-state index in [9.17, 15) is 0 Å². The second-order valence-electron chi connectivity index (χ2n) is 4.02. The molecule has 0 rings (SSSR count). The van der Waals surface area contributed by atoms with Gasteiger partial charge in [-0.1, -0.05) is 10.5 Å². The van der Waals surface area contributed by atoms with Crippen LogP contribution in [0.3, 0.4) is 0 Å². The van der Waals surface area contributed by atoms with Gasteiger partial charge in [-0.05, 0) is 0 Å². The third-order valence-electron chi connectivity index (χ3n) is 2.36. The van der Waals surface area contributed by atoms with Crippen molar-refractivity contribution < 1.29 is 27.5 Å². The molecule has 0 aliphatic rings. The highest BCUT2D eigenvalue weighted by molar-refractivity contribution is 6.65. The lowest BCUT2D eigenvalue weighted by atomic mass is 10.8. The summed E-state index contributed by atoms with van der Waals surface area (Å²) in [7, 11) is 3.08. The molecule has 0 saturated heterocycles. The predicted octanol–water partition coefficient (Wildman–Crippen LogP) is -1.97. The van der Waals surface area contributed by atoms with E-state index in [1.807, 2.05) is 0 Å². The van der Waals surface area contributed by atoms with Crippen LogP contribution in [0.15, 0.2) is 10.5 Å². The third kappa shape index (κ3) is 14.6. The molecule has 9 heteroatoms. The number of hydrogen-bond donors (Lipinski definition) is 0. The van der Waals surface area contributed by atoms with Gasteiger partial charge in [-0.2, -0.15) is 0 Å². The maximum atomic E-state index is 5.68. The molecule has 0 bridgehead atoms. The fraction of sp³-hybridized carbons (Fsp3) is 0.818. The molecule has 0 aromatic rings. The van der Waals surface area contributed by atoms with Crippen LogP contribution in [0.1, 0.15) is 0 Å². The summed E-state index contributed by atoms with van der Waals surface area (Å²) in [4.78, 5) is 1.39. The van der Waals surface area contributed by atoms with Crippen molar-refractivity contribution in [3.63, 3.8) is 0 Å². The van der Waals surface area contributed by atoms with Crippen molar-refractivity contribution in [1.82, 2.24) is 0 Å². The number of rotatable bonds is 15. The molecule has 0 unspecified atom stereocenters. The number of ether oxygens (including phenoxy) is 3. The van der Waals surface area contributed by atoms with E-state index in [1.165, 1.54) is 4.82 Å². The van der Waals surface area contributed by atoms with Gasteiger partial charge in [0, 0.05) is 21.3 Å². The molecule has 0 amide bonds. The summed E-state index contributed by atoms with van der Waals surface area (Å²) in [6, 6.07) is 0. The van der Waals surface area contributed by atoms with Crippen LogP contribution in [0.4, 0.5) is 0 Å². The van der Waals surface area contributed by atoms with Crippen LogP contribution in [0.5, 0.6) is 0 Å². The second-order valence-corrected chi connectivity index (χ2v) is 9.38. The van der Waals surface area contributed by atoms with Crippen molar-refractivity contribution in [2.75, 3.05) is 61.0 Å². The molecular weight excluding hydrogens is 312 g/mol. The fourth-order valence-corrected chi connectivity index (χ4v) is 5.79. The fourth-order valence-electron chi connectivity index (χ4n) is 1.25. The lowest BCUT2D eigenvalue weighted by Crippen LogP contribution is -2.17. The molecule has 0 heterocycles. The maximum Gasteiger partial charge on any atom is 0.185 e. The van der Waals surface area contributed by atoms with Gasteiger partial charge in [0.05, 0.1) is 39.6 Å². The lowest BCUT2D eigenvalue weighted by molar-refractivity contribution is 0.148. The third-order valence-corrected chi connectivity index (χ3v) is 8.31. The van der Waals surface area contributed by atoms with E-state index in [-0.39, 0.29) is 0 Å². The molecule has 0 aliphatic heterocycles. The van der Waals surface area contributed by atoms with Crippen LogP contribution in [0, 0.1) is 0 Å². The summed E-state index contributed by atoms with van der Waals surface area (Å²) >= 11 is 0. The van der Waals surface area contributed by atoms with Crippen LogP contribution in [-0.4, -0.2) is 90.3 Å². The summed E-state index contributed by atoms with van der Waals surface area (Å²) in [6.45, 7) is 3.95. The zero-order chi connectivity index (χ0) is 14.9. The molecule has 0 fully saturated rings. The Balaban J connectivity index is 3.86. The van der Waals surface area contributed by atoms with E-state index >= 15 is 0 Å². The van der Waals surface area contributed by atoms with Crippen molar-refractivity contribution in [2.45, 2.75) is 0 Å². The van der Waals surface area contributed by atoms with Crippen LogP contribution in [0.2, 0.25) is 0 Å². The molecular formula is C11H28O6Si3. The Morgan fingerprint density at radius 2 is 1.15 bits per heavy atom. The number of hydrogen-bond acceptors (Lipinski definition) is 6. The molecule has 0 N–H and O–H groups in total. The first-order valence-corrected chi connectivity index (χ1v) is 10.7. The lowest BCUT2D eigenvalue weighted by Gasteiger charge is -2.09. The van der Waals surface area contributed by atoms with E-state index in [0.717, 1.165) is 0 Å². The minimum Gasteiger partial charge on any atom is -0.417 e. The molecule has 0 aliphatic carbocycles. The van der Waals surface area contributed by atoms with Gasteiger partial charge >= 0.3 is 0 Å². The first-order valence-electron chi connectivity index (χ1n) is 6.73. The highest BCUT2D eigenvalue weighted by Crippen LogP contribution is 1.93. The molecule has 120 valence electrons. The Hall–Kier alpha value is 0.151. The van der Waals surface area contributed by atoms with E-state index in [2.05, 4.69) is 5.70 Å². The average Bonchev–Trinajstić information content (AvgIpc) is 2.47. The van der Waals surface area contributed by atoms with Crippen molar-refractivity contribution >= 4 is 29.3 Å². The Kier molecular flexibility index (Phi) is 17.3. The summed E-state index contributed by atoms with van der Waals surface area (Å²) < 4.78 is 31.8. The Bertz CT molecular complexity index is 216. The van der Waals surface area contributed by atoms with Crippen molar-refractivity contribution in [2.24, 2.45) is 0 Å². The standard InChI is InChI=1S/C11H28O6Si3/c1-12-4-7-15-18-10-11(19-16-8-5-13-2)20-17-9-6-14-3/h10H,4-9,18-20H2,1-3H3. The first-order chi connectivity index (χ1) is 9.85. The highest BCUT2D eigenvalue weighted by Gasteiger charge is 2.02. The SMILES string of the molecule is COCCO[SiH2]C=C([SiH2]OCCOC)[SiH2]OCCOC. The molecule has 0 atom stereocenters. The summed E-state index contributed by atoms with van der Waals surface area (Å²) in [5.74, 6) is 0. The van der Waals surface area contributed by atoms with E-state index in [0.29, 0.717) is 39.6 Å². The molecule has 6 nitrogen and oxygen atoms in total. The quantitative estimate of drug-likeness (QED) is 0.255. The zero-order valence-corrected chi connectivity index (χ0v) is 17.1. The Morgan fingerprint density at radius 1 is 0.700 bits per heavy atom. The van der Waals surface area contributed by atoms with Crippen LogP contribution >= 0.6 is 0 Å². The topological polar surface area (TPSA) is 55.4 Å². The Morgan fingerprint density at radius 3 is 1.60 bits per heavy atom. The molecule has 0 aromatic heterocycles. The van der Waals surface area contributed by atoms with E-state index < -0.39 is 29.3 Å². The molecule has 0 spiro atoms. The summed E-state index contributed by atoms with van der Waals surface area (Å²) in [6.07, 6.45) is 0. The van der Waals surface area contributed by atoms with Gasteiger partial charge in [-0.15, -0.1) is 0 Å². The monoisotopic (exact) mass is 340 g/mol. The van der Waals surface area contributed by atoms with Gasteiger partial charge in [0.25, 0.3) is 0 Å². The van der Waals surface area contributed by atoms with Gasteiger partial charge in [-0.25, -0.2) is 0 Å². The van der Waals surface area contributed by atoms with Gasteiger partial charge in [0.2, 0.25) is 0 Å². The number of methoxy groups -OCH3 is 3. The van der Waals surface area contributed by atoms with Gasteiger partial charge < -0.3 is 27.5 Å². The van der Waals surface area contributed by atoms with Crippen LogP contribution in [-0.2, 0) is 27.5 Å². The highest BCUT2D eigenvalue weighted by atomic mass is 28.3. The average molecular weight is 341 g/mol. The van der Waals surface area contributed by atoms with Crippen molar-refractivity contribution in [3.05, 3.63) is 10.5 Å². The van der Waals surface area contributed by atoms with Gasteiger partial charge in [0.15, 0.2) is 29.3 Å². The molecule has 0 radical (unpaired) electrons. The van der Waals surface area contributed by atoms with Crippen molar-refractivity contribution in [3.8, 4) is 0 Å². The summed E-state index contributed by atoms with van der Waals surface area (Å²) in [5, 5.41) is 0. The van der Waals surface area contributed by atoms with Crippen LogP contribution < -0.4 is 0 Å². The normalized spacial score (nSPS) is 12.6. The minimum atomic E-state index is -0.668.